The van der Waals surface area contributed by atoms with Gasteiger partial charge in [-0.05, 0) is 110 Å². The number of benzene rings is 9. The summed E-state index contributed by atoms with van der Waals surface area (Å²) in [5, 5.41) is 4.74. The van der Waals surface area contributed by atoms with E-state index >= 15 is 0 Å². The fourth-order valence-corrected chi connectivity index (χ4v) is 10.8. The predicted molar refractivity (Wildman–Crippen MR) is 233 cm³/mol. The molecule has 1 aliphatic heterocycles. The molecule has 12 rings (SSSR count). The Kier molecular flexibility index (Phi) is 6.81. The van der Waals surface area contributed by atoms with Gasteiger partial charge in [0.1, 0.15) is 5.58 Å². The normalized spacial score (nSPS) is 13.4. The fourth-order valence-electron chi connectivity index (χ4n) is 9.58. The largest absolute Gasteiger partial charge is 0.454 e. The molecule has 0 radical (unpaired) electrons. The van der Waals surface area contributed by atoms with E-state index in [2.05, 4.69) is 193 Å². The molecule has 0 fully saturated rings. The number of furan rings is 1. The first-order chi connectivity index (χ1) is 27.8. The van der Waals surface area contributed by atoms with Crippen LogP contribution in [0.25, 0.3) is 55.0 Å². The molecule has 56 heavy (non-hydrogen) atoms. The highest BCUT2D eigenvalue weighted by Crippen LogP contribution is 2.62. The lowest BCUT2D eigenvalue weighted by Gasteiger charge is -2.40. The van der Waals surface area contributed by atoms with Gasteiger partial charge in [-0.2, -0.15) is 0 Å². The Hall–Kier alpha value is -6.81. The van der Waals surface area contributed by atoms with E-state index in [-0.39, 0.29) is 5.41 Å². The fraction of sp³-hybridized carbons (Fsp3) is 0.0189. The van der Waals surface area contributed by atoms with Crippen LogP contribution in [0.4, 0.5) is 17.1 Å². The highest BCUT2D eigenvalue weighted by molar-refractivity contribution is 7.99. The van der Waals surface area contributed by atoms with Gasteiger partial charge in [0.2, 0.25) is 0 Å². The molecule has 10 aromatic rings. The maximum absolute atomic E-state index is 6.55. The van der Waals surface area contributed by atoms with Gasteiger partial charge in [0.25, 0.3) is 0 Å². The van der Waals surface area contributed by atoms with E-state index in [4.69, 9.17) is 4.42 Å². The van der Waals surface area contributed by atoms with Gasteiger partial charge in [0, 0.05) is 31.9 Å². The van der Waals surface area contributed by atoms with E-state index in [1.165, 1.54) is 65.1 Å². The third-order valence-corrected chi connectivity index (χ3v) is 13.1. The molecular weight excluding hydrogens is 699 g/mol. The van der Waals surface area contributed by atoms with Crippen molar-refractivity contribution in [3.8, 4) is 22.3 Å². The lowest BCUT2D eigenvalue weighted by Crippen LogP contribution is -2.31. The minimum Gasteiger partial charge on any atom is -0.454 e. The molecule has 262 valence electrons. The van der Waals surface area contributed by atoms with Crippen LogP contribution in [0.2, 0.25) is 0 Å². The van der Waals surface area contributed by atoms with Crippen LogP contribution in [-0.4, -0.2) is 0 Å². The van der Waals surface area contributed by atoms with Crippen molar-refractivity contribution in [3.05, 3.63) is 222 Å². The maximum atomic E-state index is 6.55. The van der Waals surface area contributed by atoms with Crippen molar-refractivity contribution in [1.82, 2.24) is 0 Å². The van der Waals surface area contributed by atoms with Crippen molar-refractivity contribution >= 4 is 61.5 Å². The quantitative estimate of drug-likeness (QED) is 0.179. The number of rotatable bonds is 4. The van der Waals surface area contributed by atoms with E-state index in [1.54, 1.807) is 0 Å². The lowest BCUT2D eigenvalue weighted by atomic mass is 9.67. The van der Waals surface area contributed by atoms with Crippen LogP contribution in [0.1, 0.15) is 22.3 Å². The van der Waals surface area contributed by atoms with Crippen molar-refractivity contribution in [1.29, 1.82) is 0 Å². The van der Waals surface area contributed by atoms with E-state index in [9.17, 15) is 0 Å². The first-order valence-electron chi connectivity index (χ1n) is 19.2. The van der Waals surface area contributed by atoms with Crippen LogP contribution in [0.3, 0.4) is 0 Å². The zero-order valence-electron chi connectivity index (χ0n) is 30.3. The molecule has 2 nitrogen and oxygen atoms in total. The summed E-state index contributed by atoms with van der Waals surface area (Å²) in [5.41, 5.74) is 15.0. The van der Waals surface area contributed by atoms with Crippen LogP contribution < -0.4 is 4.90 Å². The van der Waals surface area contributed by atoms with Gasteiger partial charge in [-0.25, -0.2) is 0 Å². The highest BCUT2D eigenvalue weighted by atomic mass is 32.2. The molecule has 2 aliphatic rings. The van der Waals surface area contributed by atoms with E-state index in [0.29, 0.717) is 0 Å². The summed E-state index contributed by atoms with van der Waals surface area (Å²) in [6, 6.07) is 73.1. The van der Waals surface area contributed by atoms with Crippen molar-refractivity contribution < 1.29 is 4.42 Å². The zero-order valence-corrected chi connectivity index (χ0v) is 31.1. The van der Waals surface area contributed by atoms with Crippen LogP contribution in [-0.2, 0) is 5.41 Å². The SMILES string of the molecule is c1ccc(N(c2ccc(-c3cccc4cc5c(cc34)Sc3ccccc3C53c4ccccc4-c4ccccc43)cc2)c2cccc3c2oc2ccccc23)cc1. The van der Waals surface area contributed by atoms with Gasteiger partial charge >= 0.3 is 0 Å². The van der Waals surface area contributed by atoms with Gasteiger partial charge in [-0.1, -0.05) is 157 Å². The summed E-state index contributed by atoms with van der Waals surface area (Å²) < 4.78 is 6.55. The van der Waals surface area contributed by atoms with Gasteiger partial charge in [-0.15, -0.1) is 0 Å². The highest BCUT2D eigenvalue weighted by Gasteiger charge is 2.50. The molecular formula is C53H33NOS. The third kappa shape index (κ3) is 4.40. The van der Waals surface area contributed by atoms with E-state index in [1.807, 2.05) is 23.9 Å². The summed E-state index contributed by atoms with van der Waals surface area (Å²) in [6.45, 7) is 0. The van der Waals surface area contributed by atoms with Gasteiger partial charge in [0.05, 0.1) is 11.1 Å². The Morgan fingerprint density at radius 1 is 0.411 bits per heavy atom. The second kappa shape index (κ2) is 12.1. The first-order valence-corrected chi connectivity index (χ1v) is 20.0. The van der Waals surface area contributed by atoms with Crippen LogP contribution >= 0.6 is 11.8 Å². The molecule has 1 aromatic heterocycles. The molecule has 0 saturated heterocycles. The Morgan fingerprint density at radius 3 is 1.84 bits per heavy atom. The molecule has 0 bridgehead atoms. The Labute approximate surface area is 329 Å². The van der Waals surface area contributed by atoms with E-state index < -0.39 is 0 Å². The standard InChI is InChI=1S/C53H33NOS/c1-2-15-36(16-3-1)54(48-25-13-21-42-41-19-6-10-26-49(41)55-52(42)48)37-30-28-34(29-31-37)38-20-12-14-35-32-47-51(33-43(35)38)56-50-27-11-9-24-46(50)53(47)44-22-7-4-17-39(44)40-18-5-8-23-45(40)53/h1-33H. The molecule has 3 heteroatoms. The van der Waals surface area contributed by atoms with Crippen molar-refractivity contribution in [2.24, 2.45) is 0 Å². The summed E-state index contributed by atoms with van der Waals surface area (Å²) in [7, 11) is 0. The number of hydrogen-bond donors (Lipinski definition) is 0. The average molecular weight is 732 g/mol. The summed E-state index contributed by atoms with van der Waals surface area (Å²) >= 11 is 1.90. The third-order valence-electron chi connectivity index (χ3n) is 11.9. The van der Waals surface area contributed by atoms with Gasteiger partial charge < -0.3 is 9.32 Å². The van der Waals surface area contributed by atoms with E-state index in [0.717, 1.165) is 39.0 Å². The van der Waals surface area contributed by atoms with Crippen molar-refractivity contribution in [2.75, 3.05) is 4.90 Å². The molecule has 0 atom stereocenters. The molecule has 0 saturated carbocycles. The summed E-state index contributed by atoms with van der Waals surface area (Å²) in [6.07, 6.45) is 0. The first kappa shape index (κ1) is 31.5. The molecule has 2 heterocycles. The molecule has 0 N–H and O–H groups in total. The predicted octanol–water partition coefficient (Wildman–Crippen LogP) is 14.7. The van der Waals surface area contributed by atoms with Gasteiger partial charge in [-0.3, -0.25) is 0 Å². The number of hydrogen-bond acceptors (Lipinski definition) is 3. The van der Waals surface area contributed by atoms with Crippen LogP contribution in [0, 0.1) is 0 Å². The minimum absolute atomic E-state index is 0.389. The minimum atomic E-state index is -0.389. The monoisotopic (exact) mass is 731 g/mol. The molecule has 1 aliphatic carbocycles. The summed E-state index contributed by atoms with van der Waals surface area (Å²) in [4.78, 5) is 4.92. The van der Waals surface area contributed by atoms with Crippen molar-refractivity contribution in [3.63, 3.8) is 0 Å². The zero-order chi connectivity index (χ0) is 36.8. The second-order valence-corrected chi connectivity index (χ2v) is 15.9. The summed E-state index contributed by atoms with van der Waals surface area (Å²) in [5.74, 6) is 0. The number of anilines is 3. The number of nitrogens with zero attached hydrogens (tertiary/aromatic N) is 1. The molecule has 0 unspecified atom stereocenters. The van der Waals surface area contributed by atoms with Gasteiger partial charge in [0.15, 0.2) is 5.58 Å². The Bertz CT molecular complexity index is 3130. The lowest BCUT2D eigenvalue weighted by molar-refractivity contribution is 0.669. The molecule has 0 amide bonds. The van der Waals surface area contributed by atoms with Crippen LogP contribution in [0.15, 0.2) is 214 Å². The topological polar surface area (TPSA) is 16.4 Å². The Morgan fingerprint density at radius 2 is 1.04 bits per heavy atom. The molecule has 1 spiro atoms. The Balaban J connectivity index is 1.02. The number of para-hydroxylation sites is 3. The second-order valence-electron chi connectivity index (χ2n) is 14.8. The molecule has 9 aromatic carbocycles. The maximum Gasteiger partial charge on any atom is 0.159 e. The van der Waals surface area contributed by atoms with Crippen molar-refractivity contribution in [2.45, 2.75) is 15.2 Å². The van der Waals surface area contributed by atoms with Crippen LogP contribution in [0.5, 0.6) is 0 Å². The average Bonchev–Trinajstić information content (AvgIpc) is 3.79. The smallest absolute Gasteiger partial charge is 0.159 e. The number of fused-ring (bicyclic) bond motifs is 13.